The summed E-state index contributed by atoms with van der Waals surface area (Å²) in [4.78, 5) is 37.5. The van der Waals surface area contributed by atoms with E-state index in [1.807, 2.05) is 6.92 Å². The van der Waals surface area contributed by atoms with Gasteiger partial charge in [-0.15, -0.1) is 11.3 Å². The molecule has 3 aromatic rings. The van der Waals surface area contributed by atoms with Crippen LogP contribution in [0.1, 0.15) is 31.2 Å². The number of benzene rings is 1. The Hall–Kier alpha value is -2.93. The minimum atomic E-state index is -0.735. The van der Waals surface area contributed by atoms with Gasteiger partial charge in [-0.1, -0.05) is 18.2 Å². The summed E-state index contributed by atoms with van der Waals surface area (Å²) < 4.78 is 9.95. The number of anilines is 1. The van der Waals surface area contributed by atoms with Crippen LogP contribution >= 0.6 is 11.3 Å². The average Bonchev–Trinajstić information content (AvgIpc) is 2.87. The predicted molar refractivity (Wildman–Crippen MR) is 95.6 cm³/mol. The Balaban J connectivity index is 2.01. The van der Waals surface area contributed by atoms with Crippen LogP contribution in [0, 0.1) is 13.8 Å². The highest BCUT2D eigenvalue weighted by Crippen LogP contribution is 2.33. The topological polar surface area (TPSA) is 85.6 Å². The lowest BCUT2D eigenvalue weighted by Crippen LogP contribution is -2.21. The number of carbonyl (C=O) groups is 2. The lowest BCUT2D eigenvalue weighted by Gasteiger charge is -2.06. The molecule has 6 nitrogen and oxygen atoms in total. The second-order valence-electron chi connectivity index (χ2n) is 5.42. The Kier molecular flexibility index (Phi) is 4.41. The molecule has 0 saturated carbocycles. The number of nitrogens with one attached hydrogen (secondary N) is 1. The summed E-state index contributed by atoms with van der Waals surface area (Å²) in [5.74, 6) is -1.17. The maximum Gasteiger partial charge on any atom is 0.349 e. The summed E-state index contributed by atoms with van der Waals surface area (Å²) >= 11 is 1.25. The number of rotatable bonds is 3. The van der Waals surface area contributed by atoms with Crippen molar-refractivity contribution in [2.45, 2.75) is 13.8 Å². The van der Waals surface area contributed by atoms with Crippen molar-refractivity contribution >= 4 is 39.2 Å². The van der Waals surface area contributed by atoms with Gasteiger partial charge >= 0.3 is 11.6 Å². The van der Waals surface area contributed by atoms with Gasteiger partial charge in [-0.2, -0.15) is 0 Å². The average molecular weight is 357 g/mol. The fourth-order valence-corrected chi connectivity index (χ4v) is 3.50. The summed E-state index contributed by atoms with van der Waals surface area (Å²) in [6.45, 7) is 3.62. The van der Waals surface area contributed by atoms with Gasteiger partial charge in [0.15, 0.2) is 0 Å². The standard InChI is InChI=1S/C18H15NO5S/c1-9-10(2)25-16(14(9)18(22)23-3)19-15(20)12-8-11-6-4-5-7-13(11)24-17(12)21/h4-8H,1-3H3,(H,19,20). The molecular formula is C18H15NO5S. The van der Waals surface area contributed by atoms with E-state index in [2.05, 4.69) is 5.32 Å². The summed E-state index contributed by atoms with van der Waals surface area (Å²) in [5.41, 5.74) is 0.572. The van der Waals surface area contributed by atoms with E-state index in [1.165, 1.54) is 24.5 Å². The normalized spacial score (nSPS) is 10.7. The highest BCUT2D eigenvalue weighted by atomic mass is 32.1. The van der Waals surface area contributed by atoms with Gasteiger partial charge in [0.25, 0.3) is 5.91 Å². The number of thiophene rings is 1. The Bertz CT molecular complexity index is 1050. The molecule has 1 N–H and O–H groups in total. The van der Waals surface area contributed by atoms with Gasteiger partial charge in [0.1, 0.15) is 16.1 Å². The Labute approximate surface area is 147 Å². The molecule has 0 unspecified atom stereocenters. The van der Waals surface area contributed by atoms with Crippen LogP contribution in [0.25, 0.3) is 11.0 Å². The molecule has 25 heavy (non-hydrogen) atoms. The Morgan fingerprint density at radius 2 is 1.92 bits per heavy atom. The van der Waals surface area contributed by atoms with Crippen molar-refractivity contribution in [3.05, 3.63) is 62.3 Å². The van der Waals surface area contributed by atoms with Crippen molar-refractivity contribution < 1.29 is 18.7 Å². The molecular weight excluding hydrogens is 342 g/mol. The van der Waals surface area contributed by atoms with Crippen LogP contribution in [0.3, 0.4) is 0 Å². The minimum Gasteiger partial charge on any atom is -0.465 e. The zero-order valence-electron chi connectivity index (χ0n) is 13.8. The number of para-hydroxylation sites is 1. The number of carbonyl (C=O) groups excluding carboxylic acids is 2. The van der Waals surface area contributed by atoms with Gasteiger partial charge in [-0.3, -0.25) is 4.79 Å². The van der Waals surface area contributed by atoms with E-state index >= 15 is 0 Å². The van der Waals surface area contributed by atoms with Gasteiger partial charge in [-0.25, -0.2) is 9.59 Å². The van der Waals surface area contributed by atoms with Crippen molar-refractivity contribution in [1.82, 2.24) is 0 Å². The van der Waals surface area contributed by atoms with Crippen LogP contribution in [-0.4, -0.2) is 19.0 Å². The van der Waals surface area contributed by atoms with Crippen molar-refractivity contribution in [3.8, 4) is 0 Å². The molecule has 0 atom stereocenters. The Morgan fingerprint density at radius 1 is 1.20 bits per heavy atom. The first-order valence-corrected chi connectivity index (χ1v) is 8.26. The van der Waals surface area contributed by atoms with Crippen molar-refractivity contribution in [2.24, 2.45) is 0 Å². The van der Waals surface area contributed by atoms with Gasteiger partial charge in [-0.05, 0) is 31.5 Å². The summed E-state index contributed by atoms with van der Waals surface area (Å²) in [6.07, 6.45) is 0. The number of fused-ring (bicyclic) bond motifs is 1. The van der Waals surface area contributed by atoms with Crippen LogP contribution in [0.2, 0.25) is 0 Å². The second-order valence-corrected chi connectivity index (χ2v) is 6.64. The molecule has 7 heteroatoms. The van der Waals surface area contributed by atoms with Crippen LogP contribution in [-0.2, 0) is 4.74 Å². The molecule has 0 spiro atoms. The monoisotopic (exact) mass is 357 g/mol. The van der Waals surface area contributed by atoms with E-state index in [0.717, 1.165) is 10.4 Å². The van der Waals surface area contributed by atoms with Crippen LogP contribution in [0.4, 0.5) is 5.00 Å². The third-order valence-corrected chi connectivity index (χ3v) is 5.01. The molecule has 0 saturated heterocycles. The zero-order valence-corrected chi connectivity index (χ0v) is 14.7. The molecule has 0 radical (unpaired) electrons. The lowest BCUT2D eigenvalue weighted by atomic mass is 10.1. The van der Waals surface area contributed by atoms with E-state index in [9.17, 15) is 14.4 Å². The number of amides is 1. The first-order valence-electron chi connectivity index (χ1n) is 7.45. The van der Waals surface area contributed by atoms with Gasteiger partial charge in [0.05, 0.1) is 12.7 Å². The predicted octanol–water partition coefficient (Wildman–Crippen LogP) is 3.51. The molecule has 2 heterocycles. The lowest BCUT2D eigenvalue weighted by molar-refractivity contribution is 0.0601. The highest BCUT2D eigenvalue weighted by molar-refractivity contribution is 7.16. The van der Waals surface area contributed by atoms with Crippen molar-refractivity contribution in [1.29, 1.82) is 0 Å². The van der Waals surface area contributed by atoms with Gasteiger partial charge in [0.2, 0.25) is 0 Å². The summed E-state index contributed by atoms with van der Waals surface area (Å²) in [7, 11) is 1.28. The van der Waals surface area contributed by atoms with Crippen molar-refractivity contribution in [3.63, 3.8) is 0 Å². The highest BCUT2D eigenvalue weighted by Gasteiger charge is 2.23. The number of aryl methyl sites for hydroxylation is 1. The molecule has 0 aliphatic carbocycles. The van der Waals surface area contributed by atoms with E-state index in [1.54, 1.807) is 31.2 Å². The summed E-state index contributed by atoms with van der Waals surface area (Å²) in [6, 6.07) is 8.39. The van der Waals surface area contributed by atoms with Gasteiger partial charge in [0, 0.05) is 10.3 Å². The maximum absolute atomic E-state index is 12.5. The third-order valence-electron chi connectivity index (χ3n) is 3.89. The van der Waals surface area contributed by atoms with Gasteiger partial charge < -0.3 is 14.5 Å². The second kappa shape index (κ2) is 6.52. The fourth-order valence-electron chi connectivity index (χ4n) is 2.45. The quantitative estimate of drug-likeness (QED) is 0.573. The molecule has 0 aliphatic rings. The number of ether oxygens (including phenoxy) is 1. The zero-order chi connectivity index (χ0) is 18.1. The third kappa shape index (κ3) is 3.06. The van der Waals surface area contributed by atoms with E-state index in [4.69, 9.17) is 9.15 Å². The smallest absolute Gasteiger partial charge is 0.349 e. The van der Waals surface area contributed by atoms with Crippen molar-refractivity contribution in [2.75, 3.05) is 12.4 Å². The first kappa shape index (κ1) is 16.9. The number of hydrogen-bond donors (Lipinski definition) is 1. The molecule has 3 rings (SSSR count). The maximum atomic E-state index is 12.5. The SMILES string of the molecule is COC(=O)c1c(NC(=O)c2cc3ccccc3oc2=O)sc(C)c1C. The van der Waals surface area contributed by atoms with E-state index < -0.39 is 17.5 Å². The number of esters is 1. The van der Waals surface area contributed by atoms with Crippen LogP contribution in [0.15, 0.2) is 39.5 Å². The molecule has 2 aromatic heterocycles. The molecule has 0 fully saturated rings. The number of methoxy groups -OCH3 is 1. The molecule has 1 amide bonds. The Morgan fingerprint density at radius 3 is 2.64 bits per heavy atom. The van der Waals surface area contributed by atoms with Crippen LogP contribution in [0.5, 0.6) is 0 Å². The summed E-state index contributed by atoms with van der Waals surface area (Å²) in [5, 5.41) is 3.61. The number of hydrogen-bond acceptors (Lipinski definition) is 6. The largest absolute Gasteiger partial charge is 0.465 e. The minimum absolute atomic E-state index is 0.127. The molecule has 0 aliphatic heterocycles. The van der Waals surface area contributed by atoms with E-state index in [-0.39, 0.29) is 5.56 Å². The fraction of sp³-hybridized carbons (Fsp3) is 0.167. The van der Waals surface area contributed by atoms with Crippen LogP contribution < -0.4 is 10.9 Å². The molecule has 0 bridgehead atoms. The molecule has 128 valence electrons. The first-order chi connectivity index (χ1) is 11.9. The molecule has 1 aromatic carbocycles. The van der Waals surface area contributed by atoms with E-state index in [0.29, 0.717) is 21.5 Å².